The van der Waals surface area contributed by atoms with Crippen LogP contribution in [0, 0.1) is 0 Å². The summed E-state index contributed by atoms with van der Waals surface area (Å²) < 4.78 is 5.04. The molecule has 0 aromatic carbocycles. The van der Waals surface area contributed by atoms with Crippen molar-refractivity contribution in [2.45, 2.75) is 19.4 Å². The van der Waals surface area contributed by atoms with Crippen LogP contribution in [0.2, 0.25) is 0 Å². The molecule has 1 aromatic rings. The van der Waals surface area contributed by atoms with Gasteiger partial charge < -0.3 is 20.9 Å². The van der Waals surface area contributed by atoms with Crippen molar-refractivity contribution in [1.82, 2.24) is 4.98 Å². The first-order valence-corrected chi connectivity index (χ1v) is 5.33. The number of hydrogen-bond donors (Lipinski definition) is 3. The molecule has 17 heavy (non-hydrogen) atoms. The van der Waals surface area contributed by atoms with Gasteiger partial charge in [0.1, 0.15) is 0 Å². The van der Waals surface area contributed by atoms with Crippen molar-refractivity contribution in [3.8, 4) is 0 Å². The largest absolute Gasteiger partial charge is 0.477 e. The normalized spacial score (nSPS) is 12.1. The van der Waals surface area contributed by atoms with Crippen molar-refractivity contribution < 1.29 is 14.6 Å². The maximum Gasteiger partial charge on any atom is 0.354 e. The topological polar surface area (TPSA) is 97.5 Å². The molecule has 0 saturated carbocycles. The molecule has 0 radical (unpaired) electrons. The summed E-state index contributed by atoms with van der Waals surface area (Å²) in [5, 5.41) is 11.9. The molecule has 6 heteroatoms. The Labute approximate surface area is 99.8 Å². The van der Waals surface area contributed by atoms with Crippen LogP contribution in [0.25, 0.3) is 0 Å². The maximum absolute atomic E-state index is 10.8. The summed E-state index contributed by atoms with van der Waals surface area (Å²) in [6.45, 7) is 2.50. The lowest BCUT2D eigenvalue weighted by atomic mass is 10.2. The van der Waals surface area contributed by atoms with Crippen LogP contribution in [0.4, 0.5) is 11.5 Å². The van der Waals surface area contributed by atoms with E-state index in [1.807, 2.05) is 6.92 Å². The van der Waals surface area contributed by atoms with E-state index < -0.39 is 5.97 Å². The van der Waals surface area contributed by atoms with Crippen LogP contribution < -0.4 is 11.1 Å². The van der Waals surface area contributed by atoms with Gasteiger partial charge in [-0.3, -0.25) is 0 Å². The van der Waals surface area contributed by atoms with Crippen molar-refractivity contribution in [3.63, 3.8) is 0 Å². The van der Waals surface area contributed by atoms with Crippen molar-refractivity contribution in [1.29, 1.82) is 0 Å². The van der Waals surface area contributed by atoms with E-state index in [0.717, 1.165) is 6.42 Å². The Hall–Kier alpha value is -1.82. The van der Waals surface area contributed by atoms with E-state index in [0.29, 0.717) is 18.1 Å². The smallest absolute Gasteiger partial charge is 0.354 e. The molecule has 0 aliphatic rings. The zero-order valence-corrected chi connectivity index (χ0v) is 9.93. The van der Waals surface area contributed by atoms with Gasteiger partial charge in [0.25, 0.3) is 0 Å². The highest BCUT2D eigenvalue weighted by Crippen LogP contribution is 2.17. The molecule has 0 aliphatic carbocycles. The van der Waals surface area contributed by atoms with Crippen LogP contribution in [0.3, 0.4) is 0 Å². The Kier molecular flexibility index (Phi) is 4.71. The Balaban J connectivity index is 2.88. The number of ether oxygens (including phenoxy) is 1. The lowest BCUT2D eigenvalue weighted by Gasteiger charge is -2.17. The second-order valence-corrected chi connectivity index (χ2v) is 3.64. The molecule has 6 nitrogen and oxygen atoms in total. The van der Waals surface area contributed by atoms with Gasteiger partial charge in [-0.05, 0) is 18.6 Å². The van der Waals surface area contributed by atoms with Crippen LogP contribution >= 0.6 is 0 Å². The number of nitrogens with zero attached hydrogens (tertiary/aromatic N) is 1. The minimum absolute atomic E-state index is 0.0334. The highest BCUT2D eigenvalue weighted by molar-refractivity contribution is 5.86. The first-order valence-electron chi connectivity index (χ1n) is 5.33. The second kappa shape index (κ2) is 6.05. The minimum atomic E-state index is -1.08. The number of methoxy groups -OCH3 is 1. The number of nitrogens with one attached hydrogen (secondary N) is 1. The monoisotopic (exact) mass is 239 g/mol. The van der Waals surface area contributed by atoms with Crippen LogP contribution in [0.1, 0.15) is 23.8 Å². The summed E-state index contributed by atoms with van der Waals surface area (Å²) in [6.07, 6.45) is 0.826. The Morgan fingerprint density at radius 2 is 2.35 bits per heavy atom. The summed E-state index contributed by atoms with van der Waals surface area (Å²) >= 11 is 0. The number of carboxylic acid groups (broad SMARTS) is 1. The molecule has 94 valence electrons. The fourth-order valence-electron chi connectivity index (χ4n) is 1.36. The Bertz CT molecular complexity index is 396. The lowest BCUT2D eigenvalue weighted by molar-refractivity contribution is 0.0690. The summed E-state index contributed by atoms with van der Waals surface area (Å²) in [7, 11) is 1.61. The van der Waals surface area contributed by atoms with Gasteiger partial charge in [-0.1, -0.05) is 6.92 Å². The summed E-state index contributed by atoms with van der Waals surface area (Å²) in [4.78, 5) is 14.7. The Morgan fingerprint density at radius 3 is 2.88 bits per heavy atom. The first kappa shape index (κ1) is 13.2. The third-order valence-electron chi connectivity index (χ3n) is 2.35. The van der Waals surface area contributed by atoms with Crippen molar-refractivity contribution >= 4 is 17.5 Å². The molecule has 0 bridgehead atoms. The number of aromatic carboxylic acids is 1. The molecule has 1 aromatic heterocycles. The number of rotatable bonds is 6. The van der Waals surface area contributed by atoms with Crippen molar-refractivity contribution in [3.05, 3.63) is 17.8 Å². The maximum atomic E-state index is 10.8. The van der Waals surface area contributed by atoms with E-state index in [4.69, 9.17) is 15.6 Å². The average Bonchev–Trinajstić information content (AvgIpc) is 2.30. The zero-order chi connectivity index (χ0) is 12.8. The highest BCUT2D eigenvalue weighted by Gasteiger charge is 2.12. The predicted molar refractivity (Wildman–Crippen MR) is 65.2 cm³/mol. The van der Waals surface area contributed by atoms with Crippen molar-refractivity contribution in [2.75, 3.05) is 24.8 Å². The van der Waals surface area contributed by atoms with Crippen LogP contribution in [0.5, 0.6) is 0 Å². The van der Waals surface area contributed by atoms with Gasteiger partial charge in [0.2, 0.25) is 0 Å². The van der Waals surface area contributed by atoms with E-state index in [1.54, 1.807) is 7.11 Å². The number of nitrogen functional groups attached to an aromatic ring is 1. The van der Waals surface area contributed by atoms with Crippen LogP contribution in [-0.4, -0.2) is 35.8 Å². The number of aromatic nitrogens is 1. The minimum Gasteiger partial charge on any atom is -0.477 e. The van der Waals surface area contributed by atoms with Gasteiger partial charge in [-0.15, -0.1) is 0 Å². The standard InChI is InChI=1S/C11H17N3O3/c1-3-7(6-17-2)13-10-8(12)4-5-9(14-10)11(15)16/h4-5,7H,3,6,12H2,1-2H3,(H,13,14)(H,15,16). The van der Waals surface area contributed by atoms with E-state index in [1.165, 1.54) is 12.1 Å². The average molecular weight is 239 g/mol. The van der Waals surface area contributed by atoms with E-state index in [9.17, 15) is 4.79 Å². The summed E-state index contributed by atoms with van der Waals surface area (Å²) in [6, 6.07) is 2.96. The second-order valence-electron chi connectivity index (χ2n) is 3.64. The number of carbonyl (C=O) groups is 1. The molecule has 1 rings (SSSR count). The quantitative estimate of drug-likeness (QED) is 0.690. The molecule has 0 aliphatic heterocycles. The molecule has 4 N–H and O–H groups in total. The predicted octanol–water partition coefficient (Wildman–Crippen LogP) is 1.20. The fraction of sp³-hybridized carbons (Fsp3) is 0.455. The fourth-order valence-corrected chi connectivity index (χ4v) is 1.36. The van der Waals surface area contributed by atoms with Gasteiger partial charge in [0.05, 0.1) is 18.3 Å². The van der Waals surface area contributed by atoms with E-state index in [-0.39, 0.29) is 11.7 Å². The van der Waals surface area contributed by atoms with E-state index >= 15 is 0 Å². The SMILES string of the molecule is CCC(COC)Nc1nc(C(=O)O)ccc1N. The van der Waals surface area contributed by atoms with Gasteiger partial charge in [0, 0.05) is 7.11 Å². The molecule has 0 amide bonds. The van der Waals surface area contributed by atoms with Crippen LogP contribution in [-0.2, 0) is 4.74 Å². The van der Waals surface area contributed by atoms with Crippen molar-refractivity contribution in [2.24, 2.45) is 0 Å². The molecule has 1 heterocycles. The molecule has 1 atom stereocenters. The molecule has 0 fully saturated rings. The van der Waals surface area contributed by atoms with Gasteiger partial charge in [-0.2, -0.15) is 0 Å². The molecule has 0 spiro atoms. The lowest BCUT2D eigenvalue weighted by Crippen LogP contribution is -2.25. The summed E-state index contributed by atoms with van der Waals surface area (Å²) in [5.74, 6) is -0.693. The molecular weight excluding hydrogens is 222 g/mol. The van der Waals surface area contributed by atoms with Gasteiger partial charge >= 0.3 is 5.97 Å². The first-order chi connectivity index (χ1) is 8.08. The number of carboxylic acids is 1. The van der Waals surface area contributed by atoms with E-state index in [2.05, 4.69) is 10.3 Å². The molecule has 1 unspecified atom stereocenters. The third-order valence-corrected chi connectivity index (χ3v) is 2.35. The number of hydrogen-bond acceptors (Lipinski definition) is 5. The number of pyridine rings is 1. The summed E-state index contributed by atoms with van der Waals surface area (Å²) in [5.41, 5.74) is 6.12. The highest BCUT2D eigenvalue weighted by atomic mass is 16.5. The Morgan fingerprint density at radius 1 is 1.65 bits per heavy atom. The third kappa shape index (κ3) is 3.60. The van der Waals surface area contributed by atoms with Gasteiger partial charge in [0.15, 0.2) is 11.5 Å². The van der Waals surface area contributed by atoms with Gasteiger partial charge in [-0.25, -0.2) is 9.78 Å². The van der Waals surface area contributed by atoms with Crippen LogP contribution in [0.15, 0.2) is 12.1 Å². The molecular formula is C11H17N3O3. The number of anilines is 2. The number of nitrogens with two attached hydrogens (primary N) is 1. The zero-order valence-electron chi connectivity index (χ0n) is 9.93. The molecule has 0 saturated heterocycles.